The van der Waals surface area contributed by atoms with E-state index in [-0.39, 0.29) is 17.0 Å². The van der Waals surface area contributed by atoms with E-state index in [9.17, 15) is 4.79 Å². The first-order chi connectivity index (χ1) is 14.8. The van der Waals surface area contributed by atoms with Crippen molar-refractivity contribution in [2.75, 3.05) is 23.7 Å². The summed E-state index contributed by atoms with van der Waals surface area (Å²) < 4.78 is 1.68. The zero-order valence-electron chi connectivity index (χ0n) is 18.6. The molecule has 3 aliphatic rings. The van der Waals surface area contributed by atoms with Gasteiger partial charge in [0.25, 0.3) is 5.56 Å². The molecule has 1 spiro atoms. The number of hydrogen-bond acceptors (Lipinski definition) is 7. The summed E-state index contributed by atoms with van der Waals surface area (Å²) in [6, 6.07) is 3.90. The second-order valence-corrected chi connectivity index (χ2v) is 9.52. The molecule has 0 aromatic carbocycles. The number of fused-ring (bicyclic) bond motifs is 1. The molecule has 1 saturated heterocycles. The molecule has 8 nitrogen and oxygen atoms in total. The minimum atomic E-state index is -0.0565. The minimum absolute atomic E-state index is 0.0565. The smallest absolute Gasteiger partial charge is 0.264 e. The summed E-state index contributed by atoms with van der Waals surface area (Å²) in [6.45, 7) is 6.34. The van der Waals surface area contributed by atoms with Gasteiger partial charge in [0.1, 0.15) is 5.82 Å². The fourth-order valence-electron chi connectivity index (χ4n) is 5.75. The molecular formula is C23H31N7O. The van der Waals surface area contributed by atoms with Crippen LogP contribution in [0.25, 0.3) is 0 Å². The standard InChI is InChI=1S/C23H31N7O/c1-13-6-7-23(20(13)25)8-10-30(11-9-23)22-28-16-12-26-19(18(16)21(31)29(22)3)15-4-5-17(24)27-14(15)2/h4-5,13,20H,6-12,25H2,1-3H3,(H2,24,27)/t13-,20-/m1/s1. The van der Waals surface area contributed by atoms with Crippen LogP contribution in [0.2, 0.25) is 0 Å². The van der Waals surface area contributed by atoms with Crippen LogP contribution in [0.5, 0.6) is 0 Å². The van der Waals surface area contributed by atoms with E-state index < -0.39 is 0 Å². The molecule has 0 radical (unpaired) electrons. The number of anilines is 2. The Morgan fingerprint density at radius 1 is 1.16 bits per heavy atom. The summed E-state index contributed by atoms with van der Waals surface area (Å²) in [5.41, 5.74) is 16.2. The molecule has 2 aromatic heterocycles. The second kappa shape index (κ2) is 7.15. The Morgan fingerprint density at radius 2 is 1.90 bits per heavy atom. The fourth-order valence-corrected chi connectivity index (χ4v) is 5.75. The van der Waals surface area contributed by atoms with Crippen molar-refractivity contribution in [2.45, 2.75) is 52.1 Å². The molecule has 2 atom stereocenters. The summed E-state index contributed by atoms with van der Waals surface area (Å²) in [5, 5.41) is 0. The molecule has 31 heavy (non-hydrogen) atoms. The van der Waals surface area contributed by atoms with Gasteiger partial charge >= 0.3 is 0 Å². The van der Waals surface area contributed by atoms with E-state index >= 15 is 0 Å². The van der Waals surface area contributed by atoms with Crippen LogP contribution >= 0.6 is 0 Å². The van der Waals surface area contributed by atoms with Crippen molar-refractivity contribution in [2.24, 2.45) is 29.1 Å². The zero-order chi connectivity index (χ0) is 21.9. The van der Waals surface area contributed by atoms with E-state index in [1.165, 1.54) is 12.8 Å². The molecule has 0 unspecified atom stereocenters. The number of rotatable bonds is 2. The van der Waals surface area contributed by atoms with Crippen LogP contribution in [-0.2, 0) is 13.6 Å². The van der Waals surface area contributed by atoms with Crippen LogP contribution in [-0.4, -0.2) is 39.4 Å². The number of aromatic nitrogens is 3. The van der Waals surface area contributed by atoms with Crippen LogP contribution < -0.4 is 21.9 Å². The Kier molecular flexibility index (Phi) is 4.66. The normalized spacial score (nSPS) is 24.5. The van der Waals surface area contributed by atoms with Crippen molar-refractivity contribution >= 4 is 17.5 Å². The van der Waals surface area contributed by atoms with E-state index in [1.54, 1.807) is 10.6 Å². The number of nitrogens with two attached hydrogens (primary N) is 2. The average Bonchev–Trinajstić information content (AvgIpc) is 3.29. The molecule has 2 aromatic rings. The van der Waals surface area contributed by atoms with Crippen molar-refractivity contribution < 1.29 is 0 Å². The first kappa shape index (κ1) is 20.2. The number of nitrogen functional groups attached to an aromatic ring is 1. The monoisotopic (exact) mass is 421 g/mol. The number of aliphatic imine (C=N–C) groups is 1. The third-order valence-corrected chi connectivity index (χ3v) is 7.79. The lowest BCUT2D eigenvalue weighted by atomic mass is 9.73. The lowest BCUT2D eigenvalue weighted by Crippen LogP contribution is -2.49. The summed E-state index contributed by atoms with van der Waals surface area (Å²) >= 11 is 0. The lowest BCUT2D eigenvalue weighted by molar-refractivity contribution is 0.185. The maximum atomic E-state index is 13.4. The van der Waals surface area contributed by atoms with Gasteiger partial charge in [-0.15, -0.1) is 0 Å². The van der Waals surface area contributed by atoms with Gasteiger partial charge in [-0.05, 0) is 56.1 Å². The van der Waals surface area contributed by atoms with E-state index in [0.717, 1.165) is 48.8 Å². The third kappa shape index (κ3) is 3.07. The first-order valence-electron chi connectivity index (χ1n) is 11.2. The predicted molar refractivity (Wildman–Crippen MR) is 122 cm³/mol. The average molecular weight is 422 g/mol. The quantitative estimate of drug-likeness (QED) is 0.763. The fraction of sp³-hybridized carbons (Fsp3) is 0.565. The highest BCUT2D eigenvalue weighted by Gasteiger charge is 2.46. The van der Waals surface area contributed by atoms with Crippen molar-refractivity contribution in [1.29, 1.82) is 0 Å². The van der Waals surface area contributed by atoms with E-state index in [2.05, 4.69) is 21.8 Å². The largest absolute Gasteiger partial charge is 0.384 e. The molecule has 2 fully saturated rings. The molecule has 2 aliphatic heterocycles. The van der Waals surface area contributed by atoms with Gasteiger partial charge in [0.05, 0.1) is 23.5 Å². The van der Waals surface area contributed by atoms with Gasteiger partial charge in [0, 0.05) is 37.4 Å². The van der Waals surface area contributed by atoms with Crippen LogP contribution in [0.15, 0.2) is 21.9 Å². The summed E-state index contributed by atoms with van der Waals surface area (Å²) in [5.74, 6) is 1.79. The van der Waals surface area contributed by atoms with E-state index in [4.69, 9.17) is 16.5 Å². The number of piperidine rings is 1. The second-order valence-electron chi connectivity index (χ2n) is 9.52. The number of aryl methyl sites for hydroxylation is 1. The summed E-state index contributed by atoms with van der Waals surface area (Å²) in [7, 11) is 1.81. The maximum absolute atomic E-state index is 13.4. The van der Waals surface area contributed by atoms with Gasteiger partial charge in [0.2, 0.25) is 5.95 Å². The van der Waals surface area contributed by atoms with Crippen molar-refractivity contribution in [3.8, 4) is 0 Å². The van der Waals surface area contributed by atoms with Gasteiger partial charge in [-0.2, -0.15) is 0 Å². The highest BCUT2D eigenvalue weighted by atomic mass is 16.1. The molecule has 4 N–H and O–H groups in total. The molecule has 1 saturated carbocycles. The van der Waals surface area contributed by atoms with Gasteiger partial charge in [-0.3, -0.25) is 14.4 Å². The molecule has 5 rings (SSSR count). The van der Waals surface area contributed by atoms with Crippen molar-refractivity contribution in [1.82, 2.24) is 14.5 Å². The number of pyridine rings is 1. The molecule has 4 heterocycles. The number of hydrogen-bond donors (Lipinski definition) is 2. The van der Waals surface area contributed by atoms with E-state index in [1.807, 2.05) is 20.0 Å². The van der Waals surface area contributed by atoms with Crippen molar-refractivity contribution in [3.63, 3.8) is 0 Å². The Morgan fingerprint density at radius 3 is 2.55 bits per heavy atom. The number of nitrogens with zero attached hydrogens (tertiary/aromatic N) is 5. The van der Waals surface area contributed by atoms with Gasteiger partial charge < -0.3 is 16.4 Å². The van der Waals surface area contributed by atoms with Crippen LogP contribution in [0.3, 0.4) is 0 Å². The minimum Gasteiger partial charge on any atom is -0.384 e. The molecule has 0 amide bonds. The van der Waals surface area contributed by atoms with Gasteiger partial charge in [-0.1, -0.05) is 6.92 Å². The SMILES string of the molecule is Cc1nc(N)ccc1C1=NCc2nc(N3CCC4(CC[C@@H](C)[C@H]4N)CC3)n(C)c(=O)c21. The highest BCUT2D eigenvalue weighted by molar-refractivity contribution is 6.15. The van der Waals surface area contributed by atoms with Crippen LogP contribution in [0, 0.1) is 18.3 Å². The van der Waals surface area contributed by atoms with E-state index in [0.29, 0.717) is 29.6 Å². The Labute approximate surface area is 182 Å². The molecule has 1 aliphatic carbocycles. The third-order valence-electron chi connectivity index (χ3n) is 7.79. The van der Waals surface area contributed by atoms with Crippen LogP contribution in [0.1, 0.15) is 55.1 Å². The van der Waals surface area contributed by atoms with Crippen LogP contribution in [0.4, 0.5) is 11.8 Å². The zero-order valence-corrected chi connectivity index (χ0v) is 18.6. The first-order valence-corrected chi connectivity index (χ1v) is 11.2. The summed E-state index contributed by atoms with van der Waals surface area (Å²) in [4.78, 5) is 29.5. The predicted octanol–water partition coefficient (Wildman–Crippen LogP) is 1.76. The van der Waals surface area contributed by atoms with Gasteiger partial charge in [0.15, 0.2) is 0 Å². The Balaban J connectivity index is 1.44. The molecule has 164 valence electrons. The molecule has 8 heteroatoms. The molecule has 0 bridgehead atoms. The summed E-state index contributed by atoms with van der Waals surface area (Å²) in [6.07, 6.45) is 4.55. The Bertz CT molecular complexity index is 1130. The van der Waals surface area contributed by atoms with Crippen molar-refractivity contribution in [3.05, 3.63) is 45.0 Å². The topological polar surface area (TPSA) is 115 Å². The lowest BCUT2D eigenvalue weighted by Gasteiger charge is -2.43. The Hall–Kier alpha value is -2.74. The molecular weight excluding hydrogens is 390 g/mol. The highest BCUT2D eigenvalue weighted by Crippen LogP contribution is 2.48. The maximum Gasteiger partial charge on any atom is 0.264 e. The van der Waals surface area contributed by atoms with Gasteiger partial charge in [-0.25, -0.2) is 9.97 Å².